The lowest BCUT2D eigenvalue weighted by atomic mass is 9.43. The minimum absolute atomic E-state index is 0.0831. The standard InChI is InChI=1S/C29H44O9/c1-15-23(32)24(33)25(34)26(37-15)38-18-5-9-28(14-30)17(12-18)3-4-21-20(28)6-8-27(2)19(7-10-29(21,27)35)16-11-22(31)36-13-16/h11,15,17-21,23-26,30,32-35H,3-10,12-14H2,1-2H3/t15-,17+,18+,19-,20-,21+,23-,24-,25+,26+,27+,28-,29+/m0/s1. The van der Waals surface area contributed by atoms with E-state index in [4.69, 9.17) is 14.2 Å². The molecule has 9 nitrogen and oxygen atoms in total. The molecule has 6 aliphatic rings. The molecule has 0 aromatic carbocycles. The summed E-state index contributed by atoms with van der Waals surface area (Å²) in [5.74, 6) is 0.414. The minimum Gasteiger partial charge on any atom is -0.458 e. The first-order valence-electron chi connectivity index (χ1n) is 14.6. The normalized spacial score (nSPS) is 54.5. The van der Waals surface area contributed by atoms with Crippen molar-refractivity contribution in [1.29, 1.82) is 0 Å². The van der Waals surface area contributed by atoms with Gasteiger partial charge in [-0.15, -0.1) is 0 Å². The van der Waals surface area contributed by atoms with Gasteiger partial charge in [-0.1, -0.05) is 6.92 Å². The molecule has 4 aliphatic carbocycles. The van der Waals surface area contributed by atoms with Gasteiger partial charge in [0, 0.05) is 18.1 Å². The third-order valence-corrected chi connectivity index (χ3v) is 12.1. The Labute approximate surface area is 224 Å². The lowest BCUT2D eigenvalue weighted by Gasteiger charge is -2.64. The van der Waals surface area contributed by atoms with Gasteiger partial charge in [0.05, 0.1) is 17.8 Å². The number of ether oxygens (including phenoxy) is 3. The molecule has 5 fully saturated rings. The predicted molar refractivity (Wildman–Crippen MR) is 134 cm³/mol. The molecule has 0 bridgehead atoms. The molecule has 6 rings (SSSR count). The number of rotatable bonds is 4. The molecule has 2 aliphatic heterocycles. The molecule has 0 unspecified atom stereocenters. The van der Waals surface area contributed by atoms with E-state index in [-0.39, 0.29) is 53.2 Å². The Bertz CT molecular complexity index is 970. The fourth-order valence-corrected chi connectivity index (χ4v) is 9.91. The number of carbonyl (C=O) groups is 1. The Balaban J connectivity index is 1.19. The van der Waals surface area contributed by atoms with Crippen molar-refractivity contribution in [2.24, 2.45) is 34.5 Å². The maximum atomic E-state index is 12.4. The number of cyclic esters (lactones) is 1. The Kier molecular flexibility index (Phi) is 6.78. The van der Waals surface area contributed by atoms with Crippen molar-refractivity contribution in [1.82, 2.24) is 0 Å². The zero-order valence-electron chi connectivity index (χ0n) is 22.5. The van der Waals surface area contributed by atoms with Gasteiger partial charge in [0.15, 0.2) is 6.29 Å². The first-order valence-corrected chi connectivity index (χ1v) is 14.6. The number of hydrogen-bond acceptors (Lipinski definition) is 9. The molecular formula is C29H44O9. The van der Waals surface area contributed by atoms with Crippen molar-refractivity contribution < 1.29 is 44.5 Å². The number of aliphatic hydroxyl groups excluding tert-OH is 4. The second-order valence-corrected chi connectivity index (χ2v) is 13.4. The zero-order valence-corrected chi connectivity index (χ0v) is 22.5. The average Bonchev–Trinajstić information content (AvgIpc) is 3.45. The Morgan fingerprint density at radius 3 is 2.50 bits per heavy atom. The maximum Gasteiger partial charge on any atom is 0.331 e. The zero-order chi connectivity index (χ0) is 27.0. The van der Waals surface area contributed by atoms with Gasteiger partial charge in [-0.2, -0.15) is 0 Å². The Hall–Kier alpha value is -1.07. The van der Waals surface area contributed by atoms with Crippen LogP contribution in [0.15, 0.2) is 11.6 Å². The fourth-order valence-electron chi connectivity index (χ4n) is 9.91. The highest BCUT2D eigenvalue weighted by molar-refractivity contribution is 5.85. The Morgan fingerprint density at radius 2 is 1.79 bits per heavy atom. The van der Waals surface area contributed by atoms with Gasteiger partial charge in [-0.3, -0.25) is 0 Å². The van der Waals surface area contributed by atoms with Crippen molar-refractivity contribution in [3.63, 3.8) is 0 Å². The van der Waals surface area contributed by atoms with Crippen molar-refractivity contribution in [2.45, 2.75) is 114 Å². The second kappa shape index (κ2) is 9.50. The van der Waals surface area contributed by atoms with E-state index in [1.165, 1.54) is 0 Å². The molecule has 13 atom stereocenters. The highest BCUT2D eigenvalue weighted by Crippen LogP contribution is 2.70. The predicted octanol–water partition coefficient (Wildman–Crippen LogP) is 1.43. The van der Waals surface area contributed by atoms with Crippen molar-refractivity contribution in [3.05, 3.63) is 11.6 Å². The molecule has 1 saturated heterocycles. The average molecular weight is 537 g/mol. The van der Waals surface area contributed by atoms with Crippen LogP contribution in [-0.4, -0.2) is 87.1 Å². The monoisotopic (exact) mass is 536 g/mol. The van der Waals surface area contributed by atoms with E-state index in [2.05, 4.69) is 6.92 Å². The largest absolute Gasteiger partial charge is 0.458 e. The number of hydrogen-bond donors (Lipinski definition) is 5. The molecule has 214 valence electrons. The number of fused-ring (bicyclic) bond motifs is 5. The smallest absolute Gasteiger partial charge is 0.331 e. The van der Waals surface area contributed by atoms with Gasteiger partial charge in [-0.25, -0.2) is 4.79 Å². The van der Waals surface area contributed by atoms with E-state index in [1.54, 1.807) is 13.0 Å². The lowest BCUT2D eigenvalue weighted by molar-refractivity contribution is -0.311. The molecule has 9 heteroatoms. The summed E-state index contributed by atoms with van der Waals surface area (Å²) in [6, 6.07) is 0. The van der Waals surface area contributed by atoms with Crippen LogP contribution in [-0.2, 0) is 19.0 Å². The van der Waals surface area contributed by atoms with Crippen LogP contribution in [0.4, 0.5) is 0 Å². The van der Waals surface area contributed by atoms with E-state index in [0.29, 0.717) is 19.4 Å². The van der Waals surface area contributed by atoms with Crippen LogP contribution in [0.25, 0.3) is 0 Å². The van der Waals surface area contributed by atoms with Gasteiger partial charge in [0.1, 0.15) is 24.9 Å². The third kappa shape index (κ3) is 3.80. The van der Waals surface area contributed by atoms with Crippen LogP contribution in [0.3, 0.4) is 0 Å². The van der Waals surface area contributed by atoms with Crippen LogP contribution in [0.2, 0.25) is 0 Å². The molecule has 0 amide bonds. The summed E-state index contributed by atoms with van der Waals surface area (Å²) >= 11 is 0. The van der Waals surface area contributed by atoms with Crippen LogP contribution >= 0.6 is 0 Å². The molecule has 2 heterocycles. The Morgan fingerprint density at radius 1 is 1.00 bits per heavy atom. The molecule has 0 radical (unpaired) electrons. The molecule has 0 aromatic heterocycles. The van der Waals surface area contributed by atoms with Gasteiger partial charge < -0.3 is 39.7 Å². The summed E-state index contributed by atoms with van der Waals surface area (Å²) in [6.45, 7) is 4.27. The minimum atomic E-state index is -1.32. The van der Waals surface area contributed by atoms with Gasteiger partial charge >= 0.3 is 5.97 Å². The summed E-state index contributed by atoms with van der Waals surface area (Å²) < 4.78 is 17.1. The van der Waals surface area contributed by atoms with Crippen LogP contribution < -0.4 is 0 Å². The highest BCUT2D eigenvalue weighted by atomic mass is 16.7. The van der Waals surface area contributed by atoms with Gasteiger partial charge in [-0.05, 0) is 99.4 Å². The summed E-state index contributed by atoms with van der Waals surface area (Å²) in [6.07, 6.45) is 3.35. The molecule has 5 N–H and O–H groups in total. The lowest BCUT2D eigenvalue weighted by Crippen LogP contribution is -2.64. The maximum absolute atomic E-state index is 12.4. The SMILES string of the molecule is C[C@@H]1O[C@H](O[C@@H]2CC[C@]3(CO)[C@H](CC[C@@H]4[C@@H]3CC[C@]3(C)[C@H](C5=CC(=O)OC5)CC[C@@]43O)C2)[C@H](O)[C@@H](O)[C@H]1O. The summed E-state index contributed by atoms with van der Waals surface area (Å²) in [7, 11) is 0. The van der Waals surface area contributed by atoms with E-state index in [1.807, 2.05) is 0 Å². The molecule has 4 saturated carbocycles. The quantitative estimate of drug-likeness (QED) is 0.266. The number of esters is 1. The van der Waals surface area contributed by atoms with Gasteiger partial charge in [0.25, 0.3) is 0 Å². The molecule has 38 heavy (non-hydrogen) atoms. The van der Waals surface area contributed by atoms with E-state index >= 15 is 0 Å². The van der Waals surface area contributed by atoms with E-state index in [0.717, 1.165) is 50.5 Å². The first kappa shape index (κ1) is 27.1. The molecule has 0 aromatic rings. The van der Waals surface area contributed by atoms with Gasteiger partial charge in [0.2, 0.25) is 0 Å². The van der Waals surface area contributed by atoms with Crippen LogP contribution in [0, 0.1) is 34.5 Å². The van der Waals surface area contributed by atoms with Crippen molar-refractivity contribution >= 4 is 5.97 Å². The highest BCUT2D eigenvalue weighted by Gasteiger charge is 2.68. The van der Waals surface area contributed by atoms with Crippen LogP contribution in [0.1, 0.15) is 71.6 Å². The van der Waals surface area contributed by atoms with Crippen LogP contribution in [0.5, 0.6) is 0 Å². The summed E-state index contributed by atoms with van der Waals surface area (Å²) in [5, 5.41) is 53.9. The molecule has 0 spiro atoms. The first-order chi connectivity index (χ1) is 18.0. The topological polar surface area (TPSA) is 146 Å². The molecular weight excluding hydrogens is 492 g/mol. The summed E-state index contributed by atoms with van der Waals surface area (Å²) in [4.78, 5) is 11.8. The van der Waals surface area contributed by atoms with E-state index in [9.17, 15) is 30.3 Å². The van der Waals surface area contributed by atoms with Crippen molar-refractivity contribution in [2.75, 3.05) is 13.2 Å². The number of aliphatic hydroxyl groups is 5. The number of carbonyl (C=O) groups excluding carboxylic acids is 1. The van der Waals surface area contributed by atoms with E-state index < -0.39 is 36.3 Å². The summed E-state index contributed by atoms with van der Waals surface area (Å²) in [5.41, 5.74) is -0.401. The third-order valence-electron chi connectivity index (χ3n) is 12.1. The second-order valence-electron chi connectivity index (χ2n) is 13.4. The fraction of sp³-hybridized carbons (Fsp3) is 0.897. The van der Waals surface area contributed by atoms with Crippen molar-refractivity contribution in [3.8, 4) is 0 Å².